The summed E-state index contributed by atoms with van der Waals surface area (Å²) in [5.41, 5.74) is 0.481. The van der Waals surface area contributed by atoms with Crippen LogP contribution in [-0.4, -0.2) is 23.2 Å². The van der Waals surface area contributed by atoms with Crippen molar-refractivity contribution < 1.29 is 14.6 Å². The number of rotatable bonds is 2. The molecule has 0 unspecified atom stereocenters. The van der Waals surface area contributed by atoms with Crippen LogP contribution in [0.1, 0.15) is 12.5 Å². The first-order valence-corrected chi connectivity index (χ1v) is 3.84. The number of carboxylic acid groups (broad SMARTS) is 1. The van der Waals surface area contributed by atoms with Crippen molar-refractivity contribution in [3.05, 3.63) is 24.0 Å². The van der Waals surface area contributed by atoms with Gasteiger partial charge in [0, 0.05) is 12.4 Å². The van der Waals surface area contributed by atoms with Crippen LogP contribution in [0.25, 0.3) is 0 Å². The lowest BCUT2D eigenvalue weighted by Gasteiger charge is -2.02. The van der Waals surface area contributed by atoms with E-state index in [1.165, 1.54) is 6.20 Å². The first-order valence-electron chi connectivity index (χ1n) is 3.84. The van der Waals surface area contributed by atoms with Gasteiger partial charge in [0.25, 0.3) is 6.47 Å². The third kappa shape index (κ3) is 4.07. The molecule has 0 saturated heterocycles. The van der Waals surface area contributed by atoms with Gasteiger partial charge >= 0.3 is 0 Å². The molecule has 1 aromatic rings. The Hall–Kier alpha value is -2.09. The van der Waals surface area contributed by atoms with Crippen LogP contribution in [0.5, 0.6) is 5.75 Å². The highest BCUT2D eigenvalue weighted by molar-refractivity contribution is 5.39. The summed E-state index contributed by atoms with van der Waals surface area (Å²) in [6.07, 6.45) is 3.09. The predicted octanol–water partition coefficient (Wildman–Crippen LogP) is 1.05. The molecule has 0 aliphatic carbocycles. The van der Waals surface area contributed by atoms with Gasteiger partial charge in [-0.3, -0.25) is 9.78 Å². The molecule has 1 aromatic heterocycles. The number of hydrogen-bond acceptors (Lipinski definition) is 4. The topological polar surface area (TPSA) is 83.2 Å². The average molecular weight is 194 g/mol. The molecule has 14 heavy (non-hydrogen) atoms. The first kappa shape index (κ1) is 11.9. The van der Waals surface area contributed by atoms with E-state index < -0.39 is 0 Å². The van der Waals surface area contributed by atoms with Crippen molar-refractivity contribution in [2.24, 2.45) is 0 Å². The SMILES string of the molecule is CCOc1ccncc1C#N.O=CO. The lowest BCUT2D eigenvalue weighted by molar-refractivity contribution is -0.122. The van der Waals surface area contributed by atoms with E-state index in [4.69, 9.17) is 19.9 Å². The molecule has 5 heteroatoms. The minimum Gasteiger partial charge on any atom is -0.492 e. The Labute approximate surface area is 81.6 Å². The van der Waals surface area contributed by atoms with Gasteiger partial charge in [-0.25, -0.2) is 0 Å². The quantitative estimate of drug-likeness (QED) is 0.711. The number of nitrogens with zero attached hydrogens (tertiary/aromatic N) is 2. The molecule has 0 spiro atoms. The summed E-state index contributed by atoms with van der Waals surface area (Å²) in [4.78, 5) is 12.2. The molecule has 0 bridgehead atoms. The second-order valence-corrected chi connectivity index (χ2v) is 2.02. The van der Waals surface area contributed by atoms with Gasteiger partial charge in [-0.1, -0.05) is 0 Å². The molecule has 0 atom stereocenters. The van der Waals surface area contributed by atoms with Crippen LogP contribution in [0.2, 0.25) is 0 Å². The van der Waals surface area contributed by atoms with Crippen molar-refractivity contribution in [3.63, 3.8) is 0 Å². The molecule has 0 fully saturated rings. The fraction of sp³-hybridized carbons (Fsp3) is 0.222. The molecule has 0 aliphatic rings. The summed E-state index contributed by atoms with van der Waals surface area (Å²) in [5.74, 6) is 0.602. The maximum atomic E-state index is 8.58. The van der Waals surface area contributed by atoms with E-state index in [1.807, 2.05) is 13.0 Å². The van der Waals surface area contributed by atoms with Crippen molar-refractivity contribution in [2.75, 3.05) is 6.61 Å². The summed E-state index contributed by atoms with van der Waals surface area (Å²) in [7, 11) is 0. The number of aromatic nitrogens is 1. The summed E-state index contributed by atoms with van der Waals surface area (Å²) in [5, 5.41) is 15.5. The zero-order valence-corrected chi connectivity index (χ0v) is 7.67. The van der Waals surface area contributed by atoms with Crippen molar-refractivity contribution in [1.29, 1.82) is 5.26 Å². The van der Waals surface area contributed by atoms with Gasteiger partial charge in [-0.15, -0.1) is 0 Å². The Morgan fingerprint density at radius 3 is 2.93 bits per heavy atom. The number of ether oxygens (including phenoxy) is 1. The largest absolute Gasteiger partial charge is 0.492 e. The van der Waals surface area contributed by atoms with Gasteiger partial charge in [0.2, 0.25) is 0 Å². The molecule has 5 nitrogen and oxygen atoms in total. The van der Waals surface area contributed by atoms with Crippen LogP contribution in [0.4, 0.5) is 0 Å². The van der Waals surface area contributed by atoms with Crippen LogP contribution >= 0.6 is 0 Å². The number of pyridine rings is 1. The number of nitriles is 1. The Bertz CT molecular complexity index is 320. The highest BCUT2D eigenvalue weighted by atomic mass is 16.5. The van der Waals surface area contributed by atoms with Gasteiger partial charge in [0.05, 0.1) is 6.61 Å². The van der Waals surface area contributed by atoms with Crippen LogP contribution < -0.4 is 4.74 Å². The molecule has 0 aromatic carbocycles. The zero-order valence-electron chi connectivity index (χ0n) is 7.67. The molecular formula is C9H10N2O3. The van der Waals surface area contributed by atoms with E-state index in [9.17, 15) is 0 Å². The smallest absolute Gasteiger partial charge is 0.290 e. The standard InChI is InChI=1S/C8H8N2O.CH2O2/c1-2-11-8-3-4-10-6-7(8)5-9;2-1-3/h3-4,6H,2H2,1H3;1H,(H,2,3). The monoisotopic (exact) mass is 194 g/mol. The van der Waals surface area contributed by atoms with E-state index >= 15 is 0 Å². The summed E-state index contributed by atoms with van der Waals surface area (Å²) < 4.78 is 5.17. The van der Waals surface area contributed by atoms with Gasteiger partial charge in [0.15, 0.2) is 0 Å². The molecule has 74 valence electrons. The Morgan fingerprint density at radius 2 is 2.43 bits per heavy atom. The third-order valence-corrected chi connectivity index (χ3v) is 1.20. The minimum atomic E-state index is -0.250. The maximum Gasteiger partial charge on any atom is 0.290 e. The molecule has 1 N–H and O–H groups in total. The number of carbonyl (C=O) groups is 1. The van der Waals surface area contributed by atoms with E-state index in [0.717, 1.165) is 0 Å². The van der Waals surface area contributed by atoms with Crippen molar-refractivity contribution >= 4 is 6.47 Å². The van der Waals surface area contributed by atoms with Crippen molar-refractivity contribution in [2.45, 2.75) is 6.92 Å². The normalized spacial score (nSPS) is 7.71. The van der Waals surface area contributed by atoms with Crippen LogP contribution in [0.3, 0.4) is 0 Å². The highest BCUT2D eigenvalue weighted by Crippen LogP contribution is 2.14. The fourth-order valence-corrected chi connectivity index (χ4v) is 0.747. The Balaban J connectivity index is 0.000000500. The molecule has 0 amide bonds. The summed E-state index contributed by atoms with van der Waals surface area (Å²) in [6, 6.07) is 3.68. The van der Waals surface area contributed by atoms with Gasteiger partial charge in [-0.2, -0.15) is 5.26 Å². The first-order chi connectivity index (χ1) is 6.79. The third-order valence-electron chi connectivity index (χ3n) is 1.20. The van der Waals surface area contributed by atoms with Gasteiger partial charge in [-0.05, 0) is 13.0 Å². The second kappa shape index (κ2) is 7.55. The molecule has 1 rings (SSSR count). The number of hydrogen-bond donors (Lipinski definition) is 1. The fourth-order valence-electron chi connectivity index (χ4n) is 0.747. The molecule has 0 saturated carbocycles. The van der Waals surface area contributed by atoms with Gasteiger partial charge < -0.3 is 9.84 Å². The Kier molecular flexibility index (Phi) is 6.43. The second-order valence-electron chi connectivity index (χ2n) is 2.02. The average Bonchev–Trinajstić information content (AvgIpc) is 2.20. The van der Waals surface area contributed by atoms with E-state index in [0.29, 0.717) is 17.9 Å². The molecule has 0 radical (unpaired) electrons. The lowest BCUT2D eigenvalue weighted by atomic mass is 10.3. The lowest BCUT2D eigenvalue weighted by Crippen LogP contribution is -1.94. The van der Waals surface area contributed by atoms with Gasteiger partial charge in [0.1, 0.15) is 17.4 Å². The highest BCUT2D eigenvalue weighted by Gasteiger charge is 1.99. The van der Waals surface area contributed by atoms with Crippen molar-refractivity contribution in [1.82, 2.24) is 4.98 Å². The molecular weight excluding hydrogens is 184 g/mol. The Morgan fingerprint density at radius 1 is 1.79 bits per heavy atom. The van der Waals surface area contributed by atoms with Crippen LogP contribution in [0.15, 0.2) is 18.5 Å². The summed E-state index contributed by atoms with van der Waals surface area (Å²) >= 11 is 0. The predicted molar refractivity (Wildman–Crippen MR) is 48.8 cm³/mol. The van der Waals surface area contributed by atoms with Crippen LogP contribution in [0, 0.1) is 11.3 Å². The van der Waals surface area contributed by atoms with Crippen LogP contribution in [-0.2, 0) is 4.79 Å². The summed E-state index contributed by atoms with van der Waals surface area (Å²) in [6.45, 7) is 2.19. The van der Waals surface area contributed by atoms with Crippen molar-refractivity contribution in [3.8, 4) is 11.8 Å². The van der Waals surface area contributed by atoms with E-state index in [2.05, 4.69) is 4.98 Å². The molecule has 1 heterocycles. The van der Waals surface area contributed by atoms with E-state index in [1.54, 1.807) is 12.3 Å². The maximum absolute atomic E-state index is 8.58. The van der Waals surface area contributed by atoms with E-state index in [-0.39, 0.29) is 6.47 Å². The zero-order chi connectivity index (χ0) is 10.8. The minimum absolute atomic E-state index is 0.250. The molecule has 0 aliphatic heterocycles.